The molecule has 6 rings (SSSR count). The fraction of sp³-hybridized carbons (Fsp3) is 0.455. The zero-order chi connectivity index (χ0) is 34.6. The predicted molar refractivity (Wildman–Crippen MR) is 172 cm³/mol. The second-order valence-corrected chi connectivity index (χ2v) is 15.9. The van der Waals surface area contributed by atoms with Crippen molar-refractivity contribution >= 4 is 46.7 Å². The first-order chi connectivity index (χ1) is 22.6. The van der Waals surface area contributed by atoms with Gasteiger partial charge in [0.25, 0.3) is 5.91 Å². The van der Waals surface area contributed by atoms with Gasteiger partial charge in [0, 0.05) is 41.7 Å². The molecule has 48 heavy (non-hydrogen) atoms. The Balaban J connectivity index is 1.23. The van der Waals surface area contributed by atoms with Crippen molar-refractivity contribution in [3.8, 4) is 6.07 Å². The molecule has 0 unspecified atom stereocenters. The van der Waals surface area contributed by atoms with Crippen LogP contribution in [0.3, 0.4) is 0 Å². The van der Waals surface area contributed by atoms with E-state index in [1.165, 1.54) is 12.1 Å². The van der Waals surface area contributed by atoms with Crippen molar-refractivity contribution in [2.45, 2.75) is 74.3 Å². The molecule has 0 saturated carbocycles. The van der Waals surface area contributed by atoms with E-state index in [4.69, 9.17) is 9.79 Å². The highest BCUT2D eigenvalue weighted by molar-refractivity contribution is 7.52. The minimum absolute atomic E-state index is 0.0633. The fourth-order valence-electron chi connectivity index (χ4n) is 7.24. The number of amides is 3. The molecule has 3 aromatic rings. The van der Waals surface area contributed by atoms with Gasteiger partial charge in [0.05, 0.1) is 22.5 Å². The second-order valence-electron chi connectivity index (χ2n) is 13.2. The largest absolute Gasteiger partial charge is 0.399 e. The third-order valence-corrected chi connectivity index (χ3v) is 11.9. The van der Waals surface area contributed by atoms with Crippen LogP contribution in [-0.2, 0) is 19.8 Å². The van der Waals surface area contributed by atoms with Crippen molar-refractivity contribution in [1.82, 2.24) is 15.1 Å². The maximum atomic E-state index is 14.3. The van der Waals surface area contributed by atoms with Crippen molar-refractivity contribution in [3.05, 3.63) is 70.6 Å². The van der Waals surface area contributed by atoms with Gasteiger partial charge in [0.15, 0.2) is 0 Å². The Hall–Kier alpha value is -3.73. The van der Waals surface area contributed by atoms with Gasteiger partial charge in [-0.05, 0) is 61.8 Å². The normalized spacial score (nSPS) is 28.1. The number of nitriles is 1. The smallest absolute Gasteiger partial charge is 0.390 e. The lowest BCUT2D eigenvalue weighted by molar-refractivity contribution is -0.148. The maximum Gasteiger partial charge on any atom is 0.399 e. The van der Waals surface area contributed by atoms with Crippen molar-refractivity contribution < 1.29 is 42.6 Å². The Labute approximate surface area is 279 Å². The first-order valence-corrected chi connectivity index (χ1v) is 18.1. The fourth-order valence-corrected chi connectivity index (χ4v) is 8.67. The molecule has 3 aliphatic heterocycles. The molecule has 4 N–H and O–H groups in total. The summed E-state index contributed by atoms with van der Waals surface area (Å²) < 4.78 is 40.4. The maximum absolute atomic E-state index is 14.3. The summed E-state index contributed by atoms with van der Waals surface area (Å²) >= 11 is 0.948. The number of alkyl halides is 2. The van der Waals surface area contributed by atoms with Crippen molar-refractivity contribution in [2.75, 3.05) is 13.1 Å². The van der Waals surface area contributed by atoms with E-state index in [-0.39, 0.29) is 41.1 Å². The highest BCUT2D eigenvalue weighted by Gasteiger charge is 2.51. The first kappa shape index (κ1) is 34.1. The standard InChI is InChI=1S/C33H35F2N4O7PS/c1-32(43)12-11-23-8-9-26(31(42)38-17-21(16-36)24(18-38)19-5-3-2-4-6-19)39(23)30(41)25(15-32)37-29(40)28-14-20-13-22(7-10-27(20)48-28)33(34,35)47(44,45)46/h2-7,10,13-14,21,23-26,43H,8-9,11-12,15,17-18H2,1H3,(H,37,40)(H2,44,45,46)/t21-,23-,24+,25+,26+,32-/m1/s1. The summed E-state index contributed by atoms with van der Waals surface area (Å²) in [5.41, 5.74) is -5.66. The van der Waals surface area contributed by atoms with Gasteiger partial charge in [-0.1, -0.05) is 36.4 Å². The average molecular weight is 701 g/mol. The monoisotopic (exact) mass is 700 g/mol. The molecule has 0 spiro atoms. The van der Waals surface area contributed by atoms with E-state index in [9.17, 15) is 38.1 Å². The third-order valence-electron chi connectivity index (χ3n) is 9.78. The molecule has 0 bridgehead atoms. The Morgan fingerprint density at radius 1 is 1.10 bits per heavy atom. The van der Waals surface area contributed by atoms with E-state index in [0.717, 1.165) is 29.0 Å². The molecule has 3 saturated heterocycles. The summed E-state index contributed by atoms with van der Waals surface area (Å²) in [6.45, 7) is 2.17. The minimum Gasteiger partial charge on any atom is -0.390 e. The van der Waals surface area contributed by atoms with Crippen molar-refractivity contribution in [2.24, 2.45) is 5.92 Å². The number of nitrogens with zero attached hydrogens (tertiary/aromatic N) is 3. The van der Waals surface area contributed by atoms with Crippen LogP contribution in [0.25, 0.3) is 10.1 Å². The number of hydrogen-bond donors (Lipinski definition) is 4. The second kappa shape index (κ2) is 12.6. The van der Waals surface area contributed by atoms with E-state index in [0.29, 0.717) is 36.9 Å². The Kier molecular flexibility index (Phi) is 8.98. The SMILES string of the molecule is C[C@@]1(O)CC[C@H]2CC[C@@H](C(=O)N3C[C@@H](C#N)[C@H](c4ccccc4)C3)N2C(=O)[C@@H](NC(=O)c2cc3cc(C(F)(F)P(=O)(O)O)ccc3s2)C1. The molecule has 4 heterocycles. The molecule has 11 nitrogen and oxygen atoms in total. The van der Waals surface area contributed by atoms with Crippen LogP contribution in [0.15, 0.2) is 54.6 Å². The number of carbonyl (C=O) groups excluding carboxylic acids is 3. The predicted octanol–water partition coefficient (Wildman–Crippen LogP) is 4.29. The lowest BCUT2D eigenvalue weighted by Gasteiger charge is -2.40. The third kappa shape index (κ3) is 6.37. The summed E-state index contributed by atoms with van der Waals surface area (Å²) in [4.78, 5) is 63.2. The first-order valence-electron chi connectivity index (χ1n) is 15.7. The molecule has 3 amide bonds. The minimum atomic E-state index is -5.80. The molecule has 0 aliphatic carbocycles. The number of halogens is 2. The lowest BCUT2D eigenvalue weighted by atomic mass is 9.87. The molecule has 3 fully saturated rings. The van der Waals surface area contributed by atoms with Gasteiger partial charge in [-0.25, -0.2) is 0 Å². The number of thiophene rings is 1. The summed E-state index contributed by atoms with van der Waals surface area (Å²) in [6, 6.07) is 13.9. The molecule has 2 aromatic carbocycles. The van der Waals surface area contributed by atoms with Gasteiger partial charge < -0.3 is 30.0 Å². The molecule has 6 atom stereocenters. The number of likely N-dealkylation sites (tertiary alicyclic amines) is 1. The lowest BCUT2D eigenvalue weighted by Crippen LogP contribution is -2.59. The van der Waals surface area contributed by atoms with Crippen LogP contribution in [-0.4, -0.2) is 79.2 Å². The zero-order valence-electron chi connectivity index (χ0n) is 26.0. The Morgan fingerprint density at radius 2 is 1.83 bits per heavy atom. The number of aliphatic hydroxyl groups is 1. The van der Waals surface area contributed by atoms with E-state index in [2.05, 4.69) is 11.4 Å². The summed E-state index contributed by atoms with van der Waals surface area (Å²) in [6.07, 6.45) is 1.61. The highest BCUT2D eigenvalue weighted by Crippen LogP contribution is 2.59. The van der Waals surface area contributed by atoms with Crippen LogP contribution in [0.2, 0.25) is 0 Å². The molecule has 254 valence electrons. The number of rotatable bonds is 6. The van der Waals surface area contributed by atoms with Gasteiger partial charge >= 0.3 is 13.3 Å². The number of benzene rings is 2. The average Bonchev–Trinajstić information content (AvgIpc) is 3.78. The van der Waals surface area contributed by atoms with E-state index in [1.807, 2.05) is 30.3 Å². The van der Waals surface area contributed by atoms with E-state index >= 15 is 0 Å². The molecular weight excluding hydrogens is 665 g/mol. The molecule has 0 radical (unpaired) electrons. The van der Waals surface area contributed by atoms with Crippen molar-refractivity contribution in [3.63, 3.8) is 0 Å². The Bertz CT molecular complexity index is 1840. The summed E-state index contributed by atoms with van der Waals surface area (Å²) in [5, 5.41) is 23.9. The molecular formula is C33H35F2N4O7PS. The van der Waals surface area contributed by atoms with Gasteiger partial charge in [-0.3, -0.25) is 18.9 Å². The quantitative estimate of drug-likeness (QED) is 0.276. The van der Waals surface area contributed by atoms with Gasteiger partial charge in [0.1, 0.15) is 12.1 Å². The molecule has 1 aromatic heterocycles. The topological polar surface area (TPSA) is 171 Å². The van der Waals surface area contributed by atoms with Crippen molar-refractivity contribution in [1.29, 1.82) is 5.26 Å². The van der Waals surface area contributed by atoms with Crippen LogP contribution in [0.5, 0.6) is 0 Å². The van der Waals surface area contributed by atoms with E-state index < -0.39 is 54.2 Å². The molecule has 3 aliphatic rings. The van der Waals surface area contributed by atoms with Crippen LogP contribution < -0.4 is 5.32 Å². The summed E-state index contributed by atoms with van der Waals surface area (Å²) in [5.74, 6) is -2.03. The number of carbonyl (C=O) groups is 3. The van der Waals surface area contributed by atoms with Gasteiger partial charge in [0.2, 0.25) is 11.8 Å². The van der Waals surface area contributed by atoms with E-state index in [1.54, 1.807) is 16.7 Å². The van der Waals surface area contributed by atoms with Crippen LogP contribution in [0.1, 0.15) is 65.7 Å². The number of hydrogen-bond acceptors (Lipinski definition) is 7. The zero-order valence-corrected chi connectivity index (χ0v) is 27.7. The van der Waals surface area contributed by atoms with Crippen LogP contribution in [0.4, 0.5) is 8.78 Å². The number of fused-ring (bicyclic) bond motifs is 2. The highest BCUT2D eigenvalue weighted by atomic mass is 32.1. The molecule has 15 heteroatoms. The summed E-state index contributed by atoms with van der Waals surface area (Å²) in [7, 11) is -5.80. The van der Waals surface area contributed by atoms with Gasteiger partial charge in [-0.2, -0.15) is 14.0 Å². The number of nitrogens with one attached hydrogen (secondary N) is 1. The van der Waals surface area contributed by atoms with Crippen LogP contribution in [0, 0.1) is 17.2 Å². The Morgan fingerprint density at radius 3 is 2.52 bits per heavy atom. The van der Waals surface area contributed by atoms with Gasteiger partial charge in [-0.15, -0.1) is 11.3 Å². The van der Waals surface area contributed by atoms with Crippen LogP contribution >= 0.6 is 18.9 Å².